The number of nitrogens with one attached hydrogen (secondary N) is 3. The van der Waals surface area contributed by atoms with Crippen LogP contribution < -0.4 is 16.0 Å². The molecule has 0 spiro atoms. The second-order valence-corrected chi connectivity index (χ2v) is 9.07. The van der Waals surface area contributed by atoms with E-state index in [0.717, 1.165) is 63.4 Å². The Morgan fingerprint density at radius 3 is 2.71 bits per heavy atom. The van der Waals surface area contributed by atoms with Gasteiger partial charge in [0.15, 0.2) is 5.96 Å². The lowest BCUT2D eigenvalue weighted by Crippen LogP contribution is -2.40. The number of guanidine groups is 1. The third-order valence-corrected chi connectivity index (χ3v) is 5.01. The Bertz CT molecular complexity index is 755. The highest BCUT2D eigenvalue weighted by Gasteiger charge is 2.16. The van der Waals surface area contributed by atoms with E-state index in [0.29, 0.717) is 18.5 Å². The number of aliphatic imine (C=N–C) groups is 1. The number of hydrogen-bond donors (Lipinski definition) is 3. The molecule has 1 aromatic rings. The molecule has 0 aliphatic carbocycles. The second-order valence-electron chi connectivity index (χ2n) is 9.07. The first-order valence-electron chi connectivity index (χ1n) is 11.5. The van der Waals surface area contributed by atoms with Gasteiger partial charge in [-0.15, -0.1) is 0 Å². The Morgan fingerprint density at radius 2 is 1.97 bits per heavy atom. The normalized spacial score (nSPS) is 15.4. The van der Waals surface area contributed by atoms with Crippen LogP contribution in [0.25, 0.3) is 0 Å². The predicted molar refractivity (Wildman–Crippen MR) is 126 cm³/mol. The van der Waals surface area contributed by atoms with Gasteiger partial charge in [-0.25, -0.2) is 4.99 Å². The van der Waals surface area contributed by atoms with E-state index < -0.39 is 0 Å². The van der Waals surface area contributed by atoms with E-state index in [1.807, 2.05) is 56.9 Å². The molecule has 7 nitrogen and oxygen atoms in total. The fourth-order valence-corrected chi connectivity index (χ4v) is 3.49. The molecule has 1 saturated heterocycles. The lowest BCUT2D eigenvalue weighted by molar-refractivity contribution is -0.130. The average molecular weight is 430 g/mol. The van der Waals surface area contributed by atoms with Gasteiger partial charge in [0.2, 0.25) is 5.91 Å². The zero-order valence-corrected chi connectivity index (χ0v) is 19.6. The number of nitrogens with zero attached hydrogens (tertiary/aromatic N) is 2. The summed E-state index contributed by atoms with van der Waals surface area (Å²) in [6, 6.07) is 7.58. The van der Waals surface area contributed by atoms with Crippen LogP contribution in [0.2, 0.25) is 0 Å². The molecular formula is C24H39N5O2. The lowest BCUT2D eigenvalue weighted by atomic mass is 10.1. The third kappa shape index (κ3) is 9.40. The van der Waals surface area contributed by atoms with Crippen LogP contribution in [0.5, 0.6) is 0 Å². The van der Waals surface area contributed by atoms with Crippen molar-refractivity contribution >= 4 is 17.8 Å². The van der Waals surface area contributed by atoms with Gasteiger partial charge in [0, 0.05) is 43.7 Å². The quantitative estimate of drug-likeness (QED) is 0.337. The van der Waals surface area contributed by atoms with Gasteiger partial charge in [-0.3, -0.25) is 9.59 Å². The Hall–Kier alpha value is -2.57. The van der Waals surface area contributed by atoms with Crippen LogP contribution >= 0.6 is 0 Å². The van der Waals surface area contributed by atoms with Gasteiger partial charge >= 0.3 is 0 Å². The van der Waals surface area contributed by atoms with Crippen molar-refractivity contribution in [2.45, 2.75) is 71.9 Å². The van der Waals surface area contributed by atoms with Crippen molar-refractivity contribution in [1.29, 1.82) is 0 Å². The van der Waals surface area contributed by atoms with Crippen molar-refractivity contribution < 1.29 is 9.59 Å². The highest BCUT2D eigenvalue weighted by Crippen LogP contribution is 2.11. The molecule has 0 unspecified atom stereocenters. The molecule has 1 heterocycles. The molecule has 0 atom stereocenters. The zero-order valence-electron chi connectivity index (χ0n) is 19.6. The highest BCUT2D eigenvalue weighted by atomic mass is 16.2. The van der Waals surface area contributed by atoms with Gasteiger partial charge in [-0.2, -0.15) is 0 Å². The van der Waals surface area contributed by atoms with E-state index in [4.69, 9.17) is 0 Å². The van der Waals surface area contributed by atoms with Crippen LogP contribution in [0.15, 0.2) is 29.3 Å². The van der Waals surface area contributed by atoms with Crippen molar-refractivity contribution in [3.63, 3.8) is 0 Å². The van der Waals surface area contributed by atoms with E-state index in [-0.39, 0.29) is 17.4 Å². The van der Waals surface area contributed by atoms with Crippen molar-refractivity contribution in [3.8, 4) is 0 Å². The standard InChI is InChI=1S/C24H39N5O2/c1-5-25-23(26-14-10-16-29-15-8-6-7-13-21(29)30)27-18-19-11-9-12-20(17-19)22(31)28-24(2,3)4/h9,11-12,17H,5-8,10,13-16,18H2,1-4H3,(H,28,31)(H2,25,26,27). The molecule has 1 aliphatic rings. The smallest absolute Gasteiger partial charge is 0.251 e. The Kier molecular flexibility index (Phi) is 9.82. The number of benzene rings is 1. The molecule has 0 bridgehead atoms. The first kappa shape index (κ1) is 24.7. The Morgan fingerprint density at radius 1 is 1.16 bits per heavy atom. The molecule has 1 aromatic carbocycles. The molecule has 3 N–H and O–H groups in total. The predicted octanol–water partition coefficient (Wildman–Crippen LogP) is 3.06. The van der Waals surface area contributed by atoms with Crippen LogP contribution in [0.3, 0.4) is 0 Å². The van der Waals surface area contributed by atoms with Gasteiger partial charge in [-0.1, -0.05) is 18.6 Å². The summed E-state index contributed by atoms with van der Waals surface area (Å²) >= 11 is 0. The molecule has 31 heavy (non-hydrogen) atoms. The molecule has 1 aliphatic heterocycles. The van der Waals surface area contributed by atoms with Crippen LogP contribution in [0.4, 0.5) is 0 Å². The van der Waals surface area contributed by atoms with E-state index >= 15 is 0 Å². The van der Waals surface area contributed by atoms with Crippen molar-refractivity contribution in [2.75, 3.05) is 26.2 Å². The maximum absolute atomic E-state index is 12.4. The van der Waals surface area contributed by atoms with Crippen LogP contribution in [0, 0.1) is 0 Å². The molecule has 0 aromatic heterocycles. The monoisotopic (exact) mass is 429 g/mol. The topological polar surface area (TPSA) is 85.8 Å². The van der Waals surface area contributed by atoms with Crippen LogP contribution in [0.1, 0.15) is 75.7 Å². The minimum atomic E-state index is -0.273. The van der Waals surface area contributed by atoms with Gasteiger partial charge < -0.3 is 20.9 Å². The van der Waals surface area contributed by atoms with E-state index in [1.165, 1.54) is 0 Å². The van der Waals surface area contributed by atoms with Crippen molar-refractivity contribution in [2.24, 2.45) is 4.99 Å². The Labute approximate surface area is 187 Å². The number of carbonyl (C=O) groups is 2. The summed E-state index contributed by atoms with van der Waals surface area (Å²) in [5.74, 6) is 0.953. The summed E-state index contributed by atoms with van der Waals surface area (Å²) in [6.07, 6.45) is 4.85. The maximum atomic E-state index is 12.4. The van der Waals surface area contributed by atoms with E-state index in [2.05, 4.69) is 20.9 Å². The first-order valence-corrected chi connectivity index (χ1v) is 11.5. The fourth-order valence-electron chi connectivity index (χ4n) is 3.49. The van der Waals surface area contributed by atoms with Crippen molar-refractivity contribution in [3.05, 3.63) is 35.4 Å². The molecule has 172 valence electrons. The Balaban J connectivity index is 1.87. The summed E-state index contributed by atoms with van der Waals surface area (Å²) in [6.45, 7) is 11.6. The largest absolute Gasteiger partial charge is 0.357 e. The molecule has 0 radical (unpaired) electrons. The molecule has 1 fully saturated rings. The summed E-state index contributed by atoms with van der Waals surface area (Å²) in [7, 11) is 0. The van der Waals surface area contributed by atoms with Crippen LogP contribution in [-0.2, 0) is 11.3 Å². The van der Waals surface area contributed by atoms with Gasteiger partial charge in [0.05, 0.1) is 6.54 Å². The van der Waals surface area contributed by atoms with Gasteiger partial charge in [-0.05, 0) is 64.7 Å². The number of likely N-dealkylation sites (tertiary alicyclic amines) is 1. The number of rotatable bonds is 8. The molecule has 7 heteroatoms. The lowest BCUT2D eigenvalue weighted by Gasteiger charge is -2.21. The molecule has 2 rings (SSSR count). The van der Waals surface area contributed by atoms with E-state index in [1.54, 1.807) is 0 Å². The highest BCUT2D eigenvalue weighted by molar-refractivity contribution is 5.94. The van der Waals surface area contributed by atoms with Gasteiger partial charge in [0.25, 0.3) is 5.91 Å². The number of carbonyl (C=O) groups excluding carboxylic acids is 2. The molecule has 2 amide bonds. The van der Waals surface area contributed by atoms with Gasteiger partial charge in [0.1, 0.15) is 0 Å². The molecule has 0 saturated carbocycles. The van der Waals surface area contributed by atoms with Crippen LogP contribution in [-0.4, -0.2) is 54.4 Å². The van der Waals surface area contributed by atoms with Crippen molar-refractivity contribution in [1.82, 2.24) is 20.9 Å². The first-order chi connectivity index (χ1) is 14.8. The molecular weight excluding hydrogens is 390 g/mol. The third-order valence-electron chi connectivity index (χ3n) is 5.01. The summed E-state index contributed by atoms with van der Waals surface area (Å²) in [4.78, 5) is 31.1. The zero-order chi connectivity index (χ0) is 22.7. The van der Waals surface area contributed by atoms with E-state index in [9.17, 15) is 9.59 Å². The number of hydrogen-bond acceptors (Lipinski definition) is 3. The number of amides is 2. The summed E-state index contributed by atoms with van der Waals surface area (Å²) < 4.78 is 0. The second kappa shape index (κ2) is 12.3. The minimum absolute atomic E-state index is 0.0774. The fraction of sp³-hybridized carbons (Fsp3) is 0.625. The summed E-state index contributed by atoms with van der Waals surface area (Å²) in [5, 5.41) is 9.60. The minimum Gasteiger partial charge on any atom is -0.357 e. The average Bonchev–Trinajstić information content (AvgIpc) is 2.92. The summed E-state index contributed by atoms with van der Waals surface area (Å²) in [5.41, 5.74) is 1.35. The SMILES string of the molecule is CCNC(=NCc1cccc(C(=O)NC(C)(C)C)c1)NCCCN1CCCCCC1=O. The maximum Gasteiger partial charge on any atom is 0.251 e.